The molecule has 0 saturated heterocycles. The largest absolute Gasteiger partial charge is 0.497 e. The molecule has 3 aromatic rings. The highest BCUT2D eigenvalue weighted by Gasteiger charge is 2.35. The van der Waals surface area contributed by atoms with Crippen LogP contribution in [0.25, 0.3) is 0 Å². The first-order chi connectivity index (χ1) is 19.6. The first-order valence-corrected chi connectivity index (χ1v) is 15.1. The molecule has 0 saturated carbocycles. The molecular weight excluding hydrogens is 589 g/mol. The Balaban J connectivity index is 2.15. The Hall–Kier alpha value is -3.47. The van der Waals surface area contributed by atoms with Gasteiger partial charge in [-0.25, -0.2) is 8.42 Å². The summed E-state index contributed by atoms with van der Waals surface area (Å²) in [6, 6.07) is 16.4. The van der Waals surface area contributed by atoms with Gasteiger partial charge in [0.15, 0.2) is 0 Å². The van der Waals surface area contributed by atoms with Gasteiger partial charge in [0, 0.05) is 19.2 Å². The van der Waals surface area contributed by atoms with Gasteiger partial charge < -0.3 is 19.7 Å². The Morgan fingerprint density at radius 2 is 1.63 bits per heavy atom. The fourth-order valence-corrected chi connectivity index (χ4v) is 6.03. The van der Waals surface area contributed by atoms with Crippen LogP contribution in [-0.2, 0) is 26.2 Å². The van der Waals surface area contributed by atoms with Crippen molar-refractivity contribution in [3.8, 4) is 11.5 Å². The molecule has 0 aliphatic heterocycles. The van der Waals surface area contributed by atoms with E-state index in [0.717, 1.165) is 4.31 Å². The molecule has 12 heteroatoms. The third-order valence-electron chi connectivity index (χ3n) is 6.34. The minimum absolute atomic E-state index is 0.0141. The van der Waals surface area contributed by atoms with Crippen LogP contribution in [0.3, 0.4) is 0 Å². The number of amides is 2. The second-order valence-electron chi connectivity index (χ2n) is 8.95. The first-order valence-electron chi connectivity index (χ1n) is 12.9. The molecule has 0 aliphatic rings. The monoisotopic (exact) mass is 621 g/mol. The van der Waals surface area contributed by atoms with Gasteiger partial charge >= 0.3 is 0 Å². The van der Waals surface area contributed by atoms with E-state index < -0.39 is 28.5 Å². The summed E-state index contributed by atoms with van der Waals surface area (Å²) in [6.07, 6.45) is 0.285. The van der Waals surface area contributed by atoms with Crippen molar-refractivity contribution in [2.45, 2.75) is 37.8 Å². The molecule has 220 valence electrons. The van der Waals surface area contributed by atoms with Crippen molar-refractivity contribution >= 4 is 50.7 Å². The minimum Gasteiger partial charge on any atom is -0.497 e. The molecule has 0 aliphatic carbocycles. The molecule has 3 aromatic carbocycles. The van der Waals surface area contributed by atoms with Crippen LogP contribution < -0.4 is 19.1 Å². The molecule has 1 N–H and O–H groups in total. The van der Waals surface area contributed by atoms with Crippen molar-refractivity contribution in [1.29, 1.82) is 0 Å². The molecule has 2 amide bonds. The van der Waals surface area contributed by atoms with Crippen LogP contribution in [0.15, 0.2) is 71.6 Å². The zero-order valence-electron chi connectivity index (χ0n) is 23.3. The van der Waals surface area contributed by atoms with E-state index in [4.69, 9.17) is 32.7 Å². The standard InChI is InChI=1S/C29H33Cl2N3O6S/c1-5-25(29(36)32-6-2)33(18-20-12-14-23(30)24(31)16-20)28(35)19-34(41(37,38)22-10-8-7-9-11-22)26-17-21(39-3)13-15-27(26)40-4/h7-17,25H,5-6,18-19H2,1-4H3,(H,32,36). The van der Waals surface area contributed by atoms with E-state index in [9.17, 15) is 18.0 Å². The Labute approximate surface area is 251 Å². The molecule has 0 heterocycles. The number of ether oxygens (including phenoxy) is 2. The fourth-order valence-electron chi connectivity index (χ4n) is 4.27. The third-order valence-corrected chi connectivity index (χ3v) is 8.85. The second-order valence-corrected chi connectivity index (χ2v) is 11.6. The summed E-state index contributed by atoms with van der Waals surface area (Å²) in [4.78, 5) is 28.5. The summed E-state index contributed by atoms with van der Waals surface area (Å²) in [6.45, 7) is 3.27. The van der Waals surface area contributed by atoms with Gasteiger partial charge in [-0.15, -0.1) is 0 Å². The number of benzene rings is 3. The highest BCUT2D eigenvalue weighted by Crippen LogP contribution is 2.36. The maximum atomic E-state index is 14.1. The van der Waals surface area contributed by atoms with Gasteiger partial charge in [-0.2, -0.15) is 0 Å². The van der Waals surface area contributed by atoms with E-state index >= 15 is 0 Å². The lowest BCUT2D eigenvalue weighted by Crippen LogP contribution is -2.52. The molecule has 9 nitrogen and oxygen atoms in total. The first kappa shape index (κ1) is 32.0. The molecular formula is C29H33Cl2N3O6S. The van der Waals surface area contributed by atoms with Gasteiger partial charge in [-0.1, -0.05) is 54.4 Å². The van der Waals surface area contributed by atoms with Gasteiger partial charge in [-0.3, -0.25) is 13.9 Å². The molecule has 0 radical (unpaired) electrons. The van der Waals surface area contributed by atoms with Crippen LogP contribution in [0.5, 0.6) is 11.5 Å². The molecule has 0 fully saturated rings. The average molecular weight is 623 g/mol. The Bertz CT molecular complexity index is 1470. The molecule has 1 atom stereocenters. The number of rotatable bonds is 13. The molecule has 3 rings (SSSR count). The number of nitrogens with zero attached hydrogens (tertiary/aromatic N) is 2. The molecule has 1 unspecified atom stereocenters. The van der Waals surface area contributed by atoms with E-state index in [1.807, 2.05) is 0 Å². The number of anilines is 1. The number of likely N-dealkylation sites (N-methyl/N-ethyl adjacent to an activating group) is 1. The van der Waals surface area contributed by atoms with Crippen molar-refractivity contribution in [3.05, 3.63) is 82.3 Å². The molecule has 0 aromatic heterocycles. The zero-order valence-corrected chi connectivity index (χ0v) is 25.6. The van der Waals surface area contributed by atoms with Crippen molar-refractivity contribution in [2.75, 3.05) is 31.6 Å². The average Bonchev–Trinajstić information content (AvgIpc) is 2.97. The summed E-state index contributed by atoms with van der Waals surface area (Å²) >= 11 is 12.3. The number of nitrogens with one attached hydrogen (secondary N) is 1. The highest BCUT2D eigenvalue weighted by atomic mass is 35.5. The highest BCUT2D eigenvalue weighted by molar-refractivity contribution is 7.92. The van der Waals surface area contributed by atoms with Crippen LogP contribution in [0, 0.1) is 0 Å². The predicted molar refractivity (Wildman–Crippen MR) is 160 cm³/mol. The van der Waals surface area contributed by atoms with E-state index in [-0.39, 0.29) is 40.2 Å². The van der Waals surface area contributed by atoms with Gasteiger partial charge in [0.05, 0.1) is 34.8 Å². The van der Waals surface area contributed by atoms with Gasteiger partial charge in [0.1, 0.15) is 24.1 Å². The number of hydrogen-bond donors (Lipinski definition) is 1. The molecule has 0 spiro atoms. The van der Waals surface area contributed by atoms with Crippen LogP contribution in [-0.4, -0.2) is 58.5 Å². The topological polar surface area (TPSA) is 105 Å². The van der Waals surface area contributed by atoms with Crippen LogP contribution in [0.1, 0.15) is 25.8 Å². The van der Waals surface area contributed by atoms with Crippen molar-refractivity contribution < 1.29 is 27.5 Å². The third kappa shape index (κ3) is 7.63. The summed E-state index contributed by atoms with van der Waals surface area (Å²) in [5.41, 5.74) is 0.719. The summed E-state index contributed by atoms with van der Waals surface area (Å²) < 4.78 is 39.8. The number of carbonyl (C=O) groups is 2. The Kier molecular flexibility index (Phi) is 11.3. The van der Waals surface area contributed by atoms with Crippen molar-refractivity contribution in [1.82, 2.24) is 10.2 Å². The quantitative estimate of drug-likeness (QED) is 0.283. The van der Waals surface area contributed by atoms with E-state index in [2.05, 4.69) is 5.32 Å². The Morgan fingerprint density at radius 3 is 2.22 bits per heavy atom. The van der Waals surface area contributed by atoms with Gasteiger partial charge in [0.2, 0.25) is 11.8 Å². The van der Waals surface area contributed by atoms with Crippen LogP contribution in [0.2, 0.25) is 10.0 Å². The summed E-state index contributed by atoms with van der Waals surface area (Å²) in [5, 5.41) is 3.40. The van der Waals surface area contributed by atoms with Crippen molar-refractivity contribution in [3.63, 3.8) is 0 Å². The van der Waals surface area contributed by atoms with E-state index in [1.165, 1.54) is 37.3 Å². The van der Waals surface area contributed by atoms with E-state index in [0.29, 0.717) is 22.9 Å². The van der Waals surface area contributed by atoms with Crippen LogP contribution >= 0.6 is 23.2 Å². The number of halogens is 2. The fraction of sp³-hybridized carbons (Fsp3) is 0.310. The lowest BCUT2D eigenvalue weighted by molar-refractivity contribution is -0.140. The number of carbonyl (C=O) groups excluding carboxylic acids is 2. The lowest BCUT2D eigenvalue weighted by Gasteiger charge is -2.33. The maximum Gasteiger partial charge on any atom is 0.264 e. The van der Waals surface area contributed by atoms with Gasteiger partial charge in [-0.05, 0) is 55.3 Å². The predicted octanol–water partition coefficient (Wildman–Crippen LogP) is 5.15. The summed E-state index contributed by atoms with van der Waals surface area (Å²) in [7, 11) is -1.43. The molecule has 41 heavy (non-hydrogen) atoms. The Morgan fingerprint density at radius 1 is 0.927 bits per heavy atom. The second kappa shape index (κ2) is 14.4. The number of hydrogen-bond acceptors (Lipinski definition) is 6. The maximum absolute atomic E-state index is 14.1. The molecule has 0 bridgehead atoms. The normalized spacial score (nSPS) is 11.9. The van der Waals surface area contributed by atoms with E-state index in [1.54, 1.807) is 62.4 Å². The number of methoxy groups -OCH3 is 2. The number of sulfonamides is 1. The zero-order chi connectivity index (χ0) is 30.2. The van der Waals surface area contributed by atoms with Crippen molar-refractivity contribution in [2.24, 2.45) is 0 Å². The smallest absolute Gasteiger partial charge is 0.264 e. The lowest BCUT2D eigenvalue weighted by atomic mass is 10.1. The summed E-state index contributed by atoms with van der Waals surface area (Å²) in [5.74, 6) is -0.397. The SMILES string of the molecule is CCNC(=O)C(CC)N(Cc1ccc(Cl)c(Cl)c1)C(=O)CN(c1cc(OC)ccc1OC)S(=O)(=O)c1ccccc1. The van der Waals surface area contributed by atoms with Gasteiger partial charge in [0.25, 0.3) is 10.0 Å². The van der Waals surface area contributed by atoms with Crippen LogP contribution in [0.4, 0.5) is 5.69 Å². The minimum atomic E-state index is -4.28.